The molecule has 1 heterocycles. The second-order valence-corrected chi connectivity index (χ2v) is 7.36. The number of aromatic nitrogens is 1. The summed E-state index contributed by atoms with van der Waals surface area (Å²) in [6, 6.07) is 14.3. The summed E-state index contributed by atoms with van der Waals surface area (Å²) in [6.07, 6.45) is 0. The number of carbonyl (C=O) groups excluding carboxylic acids is 1. The molecule has 0 fully saturated rings. The number of aryl methyl sites for hydroxylation is 2. The summed E-state index contributed by atoms with van der Waals surface area (Å²) in [6.45, 7) is 5.17. The van der Waals surface area contributed by atoms with Crippen LogP contribution in [-0.4, -0.2) is 29.4 Å². The molecule has 0 aliphatic carbocycles. The maximum Gasteiger partial charge on any atom is 0.248 e. The topological polar surface area (TPSA) is 42.4 Å². The molecule has 0 N–H and O–H groups in total. The van der Waals surface area contributed by atoms with Gasteiger partial charge in [0.05, 0.1) is 16.8 Å². The van der Waals surface area contributed by atoms with Gasteiger partial charge in [0.1, 0.15) is 11.6 Å². The van der Waals surface area contributed by atoms with E-state index in [1.165, 1.54) is 11.1 Å². The maximum atomic E-state index is 12.3. The van der Waals surface area contributed by atoms with Gasteiger partial charge in [0.25, 0.3) is 0 Å². The second kappa shape index (κ2) is 7.76. The Morgan fingerprint density at radius 2 is 2.00 bits per heavy atom. The van der Waals surface area contributed by atoms with Gasteiger partial charge in [-0.3, -0.25) is 4.79 Å². The molecule has 1 aromatic heterocycles. The van der Waals surface area contributed by atoms with Crippen molar-refractivity contribution in [2.24, 2.45) is 0 Å². The normalized spacial score (nSPS) is 11.0. The van der Waals surface area contributed by atoms with Crippen LogP contribution in [0.3, 0.4) is 0 Å². The molecule has 25 heavy (non-hydrogen) atoms. The van der Waals surface area contributed by atoms with Crippen molar-refractivity contribution in [1.82, 2.24) is 9.88 Å². The number of likely N-dealkylation sites (N-methyl/N-ethyl adjacent to an activating group) is 1. The first-order chi connectivity index (χ1) is 12.0. The average molecular weight is 354 g/mol. The monoisotopic (exact) mass is 354 g/mol. The van der Waals surface area contributed by atoms with Gasteiger partial charge in [0.15, 0.2) is 0 Å². The molecule has 4 nitrogen and oxygen atoms in total. The van der Waals surface area contributed by atoms with E-state index in [0.29, 0.717) is 13.2 Å². The van der Waals surface area contributed by atoms with E-state index in [9.17, 15) is 4.79 Å². The fraction of sp³-hybridized carbons (Fsp3) is 0.300. The summed E-state index contributed by atoms with van der Waals surface area (Å²) in [4.78, 5) is 18.5. The molecule has 0 aliphatic heterocycles. The van der Waals surface area contributed by atoms with E-state index in [0.717, 1.165) is 20.8 Å². The van der Waals surface area contributed by atoms with Gasteiger partial charge in [-0.2, -0.15) is 0 Å². The van der Waals surface area contributed by atoms with E-state index < -0.39 is 0 Å². The first-order valence-electron chi connectivity index (χ1n) is 8.25. The van der Waals surface area contributed by atoms with Crippen molar-refractivity contribution in [3.05, 3.63) is 64.2 Å². The van der Waals surface area contributed by atoms with Gasteiger partial charge in [-0.05, 0) is 37.1 Å². The molecule has 3 aromatic rings. The summed E-state index contributed by atoms with van der Waals surface area (Å²) in [5.74, 6) is -0.0268. The van der Waals surface area contributed by atoms with Crippen LogP contribution in [0.1, 0.15) is 21.7 Å². The number of carbonyl (C=O) groups is 1. The van der Waals surface area contributed by atoms with E-state index in [-0.39, 0.29) is 12.5 Å². The van der Waals surface area contributed by atoms with E-state index in [1.807, 2.05) is 31.3 Å². The Bertz CT molecular complexity index is 855. The number of hydrogen-bond acceptors (Lipinski definition) is 4. The minimum atomic E-state index is -0.0268. The predicted molar refractivity (Wildman–Crippen MR) is 102 cm³/mol. The van der Waals surface area contributed by atoms with Gasteiger partial charge >= 0.3 is 0 Å². The highest BCUT2D eigenvalue weighted by molar-refractivity contribution is 7.18. The molecule has 0 bridgehead atoms. The van der Waals surface area contributed by atoms with E-state index in [1.54, 1.807) is 16.2 Å². The Morgan fingerprint density at radius 1 is 1.20 bits per heavy atom. The molecule has 0 unspecified atom stereocenters. The number of fused-ring (bicyclic) bond motifs is 1. The molecule has 0 aliphatic rings. The van der Waals surface area contributed by atoms with Crippen molar-refractivity contribution >= 4 is 27.5 Å². The lowest BCUT2D eigenvalue weighted by Gasteiger charge is -2.18. The number of hydrogen-bond donors (Lipinski definition) is 0. The van der Waals surface area contributed by atoms with Crippen LogP contribution in [0.2, 0.25) is 0 Å². The van der Waals surface area contributed by atoms with Gasteiger partial charge in [-0.1, -0.05) is 35.9 Å². The molecule has 3 rings (SSSR count). The Morgan fingerprint density at radius 3 is 2.76 bits per heavy atom. The highest BCUT2D eigenvalue weighted by Crippen LogP contribution is 2.22. The van der Waals surface area contributed by atoms with Crippen LogP contribution in [-0.2, 0) is 22.7 Å². The number of benzene rings is 2. The quantitative estimate of drug-likeness (QED) is 0.670. The van der Waals surface area contributed by atoms with Crippen molar-refractivity contribution in [3.63, 3.8) is 0 Å². The molecular weight excluding hydrogens is 332 g/mol. The first-order valence-corrected chi connectivity index (χ1v) is 9.07. The molecule has 130 valence electrons. The lowest BCUT2D eigenvalue weighted by Crippen LogP contribution is -2.30. The van der Waals surface area contributed by atoms with E-state index in [2.05, 4.69) is 37.0 Å². The van der Waals surface area contributed by atoms with Crippen LogP contribution in [0.15, 0.2) is 42.5 Å². The summed E-state index contributed by atoms with van der Waals surface area (Å²) >= 11 is 1.60. The minimum absolute atomic E-state index is 0.0268. The second-order valence-electron chi connectivity index (χ2n) is 6.25. The highest BCUT2D eigenvalue weighted by Gasteiger charge is 2.12. The molecule has 5 heteroatoms. The standard InChI is InChI=1S/C20H22N2O2S/c1-14-8-9-16(15(2)10-14)11-22(3)20(23)13-24-12-19-21-17-6-4-5-7-18(17)25-19/h4-10H,11-13H2,1-3H3. The number of nitrogens with zero attached hydrogens (tertiary/aromatic N) is 2. The van der Waals surface area contributed by atoms with Crippen molar-refractivity contribution in [1.29, 1.82) is 0 Å². The summed E-state index contributed by atoms with van der Waals surface area (Å²) < 4.78 is 6.71. The van der Waals surface area contributed by atoms with Gasteiger partial charge < -0.3 is 9.64 Å². The molecule has 2 aromatic carbocycles. The summed E-state index contributed by atoms with van der Waals surface area (Å²) in [5, 5.41) is 0.894. The summed E-state index contributed by atoms with van der Waals surface area (Å²) in [5.41, 5.74) is 4.57. The third kappa shape index (κ3) is 4.44. The smallest absolute Gasteiger partial charge is 0.248 e. The van der Waals surface area contributed by atoms with Gasteiger partial charge in [0, 0.05) is 13.6 Å². The Labute approximate surface area is 152 Å². The third-order valence-electron chi connectivity index (χ3n) is 4.12. The van der Waals surface area contributed by atoms with Crippen LogP contribution in [0.4, 0.5) is 0 Å². The van der Waals surface area contributed by atoms with Crippen LogP contribution in [0.5, 0.6) is 0 Å². The fourth-order valence-electron chi connectivity index (χ4n) is 2.68. The number of para-hydroxylation sites is 1. The number of rotatable bonds is 6. The zero-order valence-electron chi connectivity index (χ0n) is 14.8. The summed E-state index contributed by atoms with van der Waals surface area (Å²) in [7, 11) is 1.81. The third-order valence-corrected chi connectivity index (χ3v) is 5.13. The Hall–Kier alpha value is -2.24. The van der Waals surface area contributed by atoms with Crippen molar-refractivity contribution in [3.8, 4) is 0 Å². The van der Waals surface area contributed by atoms with Crippen LogP contribution >= 0.6 is 11.3 Å². The number of thiazole rings is 1. The van der Waals surface area contributed by atoms with Gasteiger partial charge in [-0.25, -0.2) is 4.98 Å². The predicted octanol–water partition coefficient (Wildman–Crippen LogP) is 4.09. The molecule has 0 spiro atoms. The minimum Gasteiger partial charge on any atom is -0.364 e. The largest absolute Gasteiger partial charge is 0.364 e. The molecule has 1 amide bonds. The van der Waals surface area contributed by atoms with Crippen LogP contribution in [0, 0.1) is 13.8 Å². The molecular formula is C20H22N2O2S. The van der Waals surface area contributed by atoms with Gasteiger partial charge in [-0.15, -0.1) is 11.3 Å². The van der Waals surface area contributed by atoms with E-state index >= 15 is 0 Å². The van der Waals surface area contributed by atoms with Gasteiger partial charge in [0.2, 0.25) is 5.91 Å². The first kappa shape index (κ1) is 17.6. The lowest BCUT2D eigenvalue weighted by molar-refractivity contribution is -0.135. The van der Waals surface area contributed by atoms with Crippen LogP contribution in [0.25, 0.3) is 10.2 Å². The Balaban J connectivity index is 1.51. The number of amides is 1. The average Bonchev–Trinajstić information content (AvgIpc) is 3.00. The molecule has 0 saturated heterocycles. The molecule has 0 radical (unpaired) electrons. The van der Waals surface area contributed by atoms with Crippen LogP contribution < -0.4 is 0 Å². The SMILES string of the molecule is Cc1ccc(CN(C)C(=O)COCc2nc3ccccc3s2)c(C)c1. The lowest BCUT2D eigenvalue weighted by atomic mass is 10.1. The zero-order valence-corrected chi connectivity index (χ0v) is 15.6. The van der Waals surface area contributed by atoms with Crippen molar-refractivity contribution in [2.75, 3.05) is 13.7 Å². The van der Waals surface area contributed by atoms with Crippen molar-refractivity contribution < 1.29 is 9.53 Å². The molecule has 0 atom stereocenters. The number of ether oxygens (including phenoxy) is 1. The Kier molecular flexibility index (Phi) is 5.46. The highest BCUT2D eigenvalue weighted by atomic mass is 32.1. The van der Waals surface area contributed by atoms with E-state index in [4.69, 9.17) is 4.74 Å². The van der Waals surface area contributed by atoms with Crippen molar-refractivity contribution in [2.45, 2.75) is 27.0 Å². The fourth-order valence-corrected chi connectivity index (χ4v) is 3.59. The zero-order chi connectivity index (χ0) is 17.8. The molecule has 0 saturated carbocycles. The maximum absolute atomic E-state index is 12.3.